The molecule has 0 spiro atoms. The molecule has 1 fully saturated rings. The molecule has 0 aliphatic carbocycles. The van der Waals surface area contributed by atoms with E-state index in [1.807, 2.05) is 19.1 Å². The van der Waals surface area contributed by atoms with Crippen LogP contribution in [0.2, 0.25) is 0 Å². The summed E-state index contributed by atoms with van der Waals surface area (Å²) in [6, 6.07) is 7.11. The summed E-state index contributed by atoms with van der Waals surface area (Å²) < 4.78 is 40.9. The van der Waals surface area contributed by atoms with Gasteiger partial charge in [-0.05, 0) is 30.2 Å². The van der Waals surface area contributed by atoms with Crippen LogP contribution in [0.5, 0.6) is 0 Å². The van der Waals surface area contributed by atoms with Crippen molar-refractivity contribution in [1.29, 1.82) is 0 Å². The van der Waals surface area contributed by atoms with Gasteiger partial charge in [0.1, 0.15) is 6.61 Å². The lowest BCUT2D eigenvalue weighted by atomic mass is 10.0. The maximum atomic E-state index is 12.1. The van der Waals surface area contributed by atoms with E-state index in [1.54, 1.807) is 23.9 Å². The second kappa shape index (κ2) is 10.2. The van der Waals surface area contributed by atoms with Gasteiger partial charge < -0.3 is 20.5 Å². The van der Waals surface area contributed by atoms with Gasteiger partial charge in [-0.15, -0.1) is 0 Å². The van der Waals surface area contributed by atoms with Crippen molar-refractivity contribution in [2.75, 3.05) is 31.2 Å². The Bertz CT molecular complexity index is 603. The number of alkyl halides is 3. The van der Waals surface area contributed by atoms with Crippen LogP contribution >= 0.6 is 11.8 Å². The second-order valence-electron chi connectivity index (χ2n) is 6.50. The van der Waals surface area contributed by atoms with Gasteiger partial charge in [0.05, 0.1) is 18.8 Å². The summed E-state index contributed by atoms with van der Waals surface area (Å²) in [6.45, 7) is 2.21. The zero-order chi connectivity index (χ0) is 19.8. The van der Waals surface area contributed by atoms with Crippen LogP contribution in [0, 0.1) is 0 Å². The first-order valence-electron chi connectivity index (χ1n) is 8.84. The van der Waals surface area contributed by atoms with Gasteiger partial charge in [-0.3, -0.25) is 0 Å². The molecule has 1 aromatic carbocycles. The van der Waals surface area contributed by atoms with Crippen molar-refractivity contribution in [3.63, 3.8) is 0 Å². The lowest BCUT2D eigenvalue weighted by Crippen LogP contribution is -2.47. The van der Waals surface area contributed by atoms with Gasteiger partial charge in [0.2, 0.25) is 0 Å². The molecule has 1 aliphatic rings. The Hall–Kier alpha value is -1.45. The first kappa shape index (κ1) is 21.8. The number of hydrogen-bond donors (Lipinski definition) is 3. The zero-order valence-corrected chi connectivity index (χ0v) is 16.1. The van der Waals surface area contributed by atoms with Crippen molar-refractivity contribution >= 4 is 17.7 Å². The molecular weight excluding hydrogens is 379 g/mol. The lowest BCUT2D eigenvalue weighted by molar-refractivity contribution is -0.176. The van der Waals surface area contributed by atoms with Crippen LogP contribution in [0.15, 0.2) is 29.3 Å². The minimum Gasteiger partial charge on any atom is -0.387 e. The number of thioether (sulfide) groups is 1. The molecule has 2 rings (SSSR count). The SMILES string of the molecule is CCNC(=NCc1ccc(COCC(F)(F)F)cc1)NCC1(O)CCSC1. The van der Waals surface area contributed by atoms with Gasteiger partial charge in [-0.1, -0.05) is 24.3 Å². The molecule has 0 radical (unpaired) electrons. The summed E-state index contributed by atoms with van der Waals surface area (Å²) in [5, 5.41) is 16.7. The van der Waals surface area contributed by atoms with Crippen molar-refractivity contribution in [2.24, 2.45) is 4.99 Å². The Morgan fingerprint density at radius 3 is 2.56 bits per heavy atom. The summed E-state index contributed by atoms with van der Waals surface area (Å²) >= 11 is 1.74. The van der Waals surface area contributed by atoms with Crippen molar-refractivity contribution in [1.82, 2.24) is 10.6 Å². The fourth-order valence-corrected chi connectivity index (χ4v) is 3.82. The Balaban J connectivity index is 1.83. The van der Waals surface area contributed by atoms with Gasteiger partial charge in [0.25, 0.3) is 0 Å². The van der Waals surface area contributed by atoms with Crippen LogP contribution in [0.25, 0.3) is 0 Å². The highest BCUT2D eigenvalue weighted by Gasteiger charge is 2.31. The van der Waals surface area contributed by atoms with Crippen LogP contribution in [0.4, 0.5) is 13.2 Å². The lowest BCUT2D eigenvalue weighted by Gasteiger charge is -2.23. The third-order valence-corrected chi connectivity index (χ3v) is 5.22. The molecule has 27 heavy (non-hydrogen) atoms. The average molecular weight is 405 g/mol. The molecule has 0 amide bonds. The highest BCUT2D eigenvalue weighted by atomic mass is 32.2. The number of guanidine groups is 1. The molecule has 3 N–H and O–H groups in total. The molecule has 5 nitrogen and oxygen atoms in total. The molecular formula is C18H26F3N3O2S. The second-order valence-corrected chi connectivity index (χ2v) is 7.61. The van der Waals surface area contributed by atoms with Crippen LogP contribution in [0.3, 0.4) is 0 Å². The maximum Gasteiger partial charge on any atom is 0.411 e. The van der Waals surface area contributed by atoms with E-state index >= 15 is 0 Å². The van der Waals surface area contributed by atoms with Gasteiger partial charge in [0, 0.05) is 18.8 Å². The van der Waals surface area contributed by atoms with Gasteiger partial charge in [-0.2, -0.15) is 24.9 Å². The monoisotopic (exact) mass is 405 g/mol. The molecule has 0 aromatic heterocycles. The first-order valence-corrected chi connectivity index (χ1v) is 10.00. The fraction of sp³-hybridized carbons (Fsp3) is 0.611. The van der Waals surface area contributed by atoms with E-state index in [4.69, 9.17) is 0 Å². The number of nitrogens with one attached hydrogen (secondary N) is 2. The van der Waals surface area contributed by atoms with E-state index in [9.17, 15) is 18.3 Å². The number of aliphatic hydroxyl groups is 1. The van der Waals surface area contributed by atoms with E-state index in [-0.39, 0.29) is 6.61 Å². The summed E-state index contributed by atoms with van der Waals surface area (Å²) in [5.74, 6) is 2.31. The molecule has 0 saturated carbocycles. The number of halogens is 3. The van der Waals surface area contributed by atoms with E-state index in [1.165, 1.54) is 0 Å². The standard InChI is InChI=1S/C18H26F3N3O2S/c1-2-22-16(24-11-17(25)7-8-27-13-17)23-9-14-3-5-15(6-4-14)10-26-12-18(19,20)21/h3-6,25H,2,7-13H2,1H3,(H2,22,23,24). The quantitative estimate of drug-likeness (QED) is 0.458. The molecule has 1 saturated heterocycles. The molecule has 0 bridgehead atoms. The van der Waals surface area contributed by atoms with E-state index in [2.05, 4.69) is 20.4 Å². The third-order valence-electron chi connectivity index (χ3n) is 3.99. The van der Waals surface area contributed by atoms with Crippen LogP contribution in [-0.4, -0.2) is 54.0 Å². The summed E-state index contributed by atoms with van der Waals surface area (Å²) in [5.41, 5.74) is 0.915. The number of benzene rings is 1. The van der Waals surface area contributed by atoms with Crippen LogP contribution < -0.4 is 10.6 Å². The van der Waals surface area contributed by atoms with E-state index in [0.717, 1.165) is 23.5 Å². The van der Waals surface area contributed by atoms with Crippen LogP contribution in [0.1, 0.15) is 24.5 Å². The number of nitrogens with zero attached hydrogens (tertiary/aromatic N) is 1. The predicted octanol–water partition coefficient (Wildman–Crippen LogP) is 2.69. The summed E-state index contributed by atoms with van der Waals surface area (Å²) in [6.07, 6.45) is -3.55. The number of ether oxygens (including phenoxy) is 1. The van der Waals surface area contributed by atoms with Gasteiger partial charge in [0.15, 0.2) is 5.96 Å². The van der Waals surface area contributed by atoms with Gasteiger partial charge in [-0.25, -0.2) is 4.99 Å². The Morgan fingerprint density at radius 1 is 1.26 bits per heavy atom. The molecule has 1 atom stereocenters. The van der Waals surface area contributed by atoms with E-state index in [0.29, 0.717) is 31.2 Å². The Labute approximate surface area is 161 Å². The predicted molar refractivity (Wildman–Crippen MR) is 102 cm³/mol. The highest BCUT2D eigenvalue weighted by molar-refractivity contribution is 7.99. The van der Waals surface area contributed by atoms with Crippen molar-refractivity contribution in [3.05, 3.63) is 35.4 Å². The van der Waals surface area contributed by atoms with Crippen molar-refractivity contribution in [3.8, 4) is 0 Å². The van der Waals surface area contributed by atoms with Gasteiger partial charge >= 0.3 is 6.18 Å². The molecule has 1 aliphatic heterocycles. The molecule has 9 heteroatoms. The maximum absolute atomic E-state index is 12.1. The normalized spacial score (nSPS) is 20.7. The fourth-order valence-electron chi connectivity index (χ4n) is 2.52. The Kier molecular flexibility index (Phi) is 8.25. The largest absolute Gasteiger partial charge is 0.411 e. The first-order chi connectivity index (χ1) is 12.8. The van der Waals surface area contributed by atoms with Crippen LogP contribution in [-0.2, 0) is 17.9 Å². The topological polar surface area (TPSA) is 65.9 Å². The molecule has 1 unspecified atom stereocenters. The minimum absolute atomic E-state index is 0.0795. The number of hydrogen-bond acceptors (Lipinski definition) is 4. The highest BCUT2D eigenvalue weighted by Crippen LogP contribution is 2.26. The number of rotatable bonds is 8. The molecule has 152 valence electrons. The average Bonchev–Trinajstić information content (AvgIpc) is 3.04. The smallest absolute Gasteiger partial charge is 0.387 e. The molecule has 1 heterocycles. The van der Waals surface area contributed by atoms with E-state index < -0.39 is 18.4 Å². The summed E-state index contributed by atoms with van der Waals surface area (Å²) in [4.78, 5) is 4.50. The number of aliphatic imine (C=N–C) groups is 1. The van der Waals surface area contributed by atoms with Crippen molar-refractivity contribution < 1.29 is 23.0 Å². The third kappa shape index (κ3) is 8.40. The summed E-state index contributed by atoms with van der Waals surface area (Å²) in [7, 11) is 0. The zero-order valence-electron chi connectivity index (χ0n) is 15.3. The molecule has 1 aromatic rings. The minimum atomic E-state index is -4.31. The van der Waals surface area contributed by atoms with Crippen molar-refractivity contribution in [2.45, 2.75) is 38.3 Å². The Morgan fingerprint density at radius 2 is 1.96 bits per heavy atom.